The van der Waals surface area contributed by atoms with E-state index in [9.17, 15) is 0 Å². The minimum absolute atomic E-state index is 0.279. The van der Waals surface area contributed by atoms with Crippen LogP contribution in [0, 0.1) is 0 Å². The largest absolute Gasteiger partial charge is 0.489 e. The highest BCUT2D eigenvalue weighted by Crippen LogP contribution is 2.51. The molecule has 0 heterocycles. The molecule has 0 aliphatic heterocycles. The van der Waals surface area contributed by atoms with Gasteiger partial charge in [0, 0.05) is 5.54 Å². The van der Waals surface area contributed by atoms with Crippen molar-refractivity contribution >= 4 is 13.3 Å². The van der Waals surface area contributed by atoms with Gasteiger partial charge in [0.05, 0.1) is 8.07 Å². The van der Waals surface area contributed by atoms with E-state index in [0.717, 1.165) is 31.4 Å². The third-order valence-corrected chi connectivity index (χ3v) is 15.3. The molecule has 0 atom stereocenters. The molecule has 0 radical (unpaired) electrons. The zero-order valence-corrected chi connectivity index (χ0v) is 33.8. The third-order valence-electron chi connectivity index (χ3n) is 11.5. The van der Waals surface area contributed by atoms with Crippen LogP contribution in [0.15, 0.2) is 110 Å². The van der Waals surface area contributed by atoms with Crippen LogP contribution in [0.5, 0.6) is 5.75 Å². The highest BCUT2D eigenvalue weighted by atomic mass is 28.3. The molecular formula is C50H60OSi. The molecular weight excluding hydrogens is 645 g/mol. The fourth-order valence-electron chi connectivity index (χ4n) is 8.52. The Bertz CT molecular complexity index is 1900. The van der Waals surface area contributed by atoms with Crippen molar-refractivity contribution in [1.29, 1.82) is 0 Å². The van der Waals surface area contributed by atoms with E-state index in [4.69, 9.17) is 4.74 Å². The first-order valence-corrected chi connectivity index (χ1v) is 23.3. The molecule has 0 spiro atoms. The van der Waals surface area contributed by atoms with E-state index < -0.39 is 8.07 Å². The van der Waals surface area contributed by atoms with Crippen molar-refractivity contribution in [3.05, 3.63) is 143 Å². The first-order chi connectivity index (χ1) is 25.3. The van der Waals surface area contributed by atoms with Crippen molar-refractivity contribution in [2.45, 2.75) is 111 Å². The lowest BCUT2D eigenvalue weighted by Crippen LogP contribution is -2.49. The molecule has 1 nitrogen and oxygen atoms in total. The maximum Gasteiger partial charge on any atom is 0.122 e. The summed E-state index contributed by atoms with van der Waals surface area (Å²) in [5.74, 6) is 1.14. The third kappa shape index (κ3) is 7.93. The summed E-state index contributed by atoms with van der Waals surface area (Å²) in [6, 6.07) is 37.9. The molecule has 0 unspecified atom stereocenters. The Morgan fingerprint density at radius 3 is 1.65 bits per heavy atom. The van der Waals surface area contributed by atoms with E-state index in [1.54, 1.807) is 0 Å². The second-order valence-electron chi connectivity index (χ2n) is 15.5. The van der Waals surface area contributed by atoms with Gasteiger partial charge >= 0.3 is 0 Å². The van der Waals surface area contributed by atoms with Gasteiger partial charge in [-0.05, 0) is 110 Å². The molecule has 1 aliphatic carbocycles. The van der Waals surface area contributed by atoms with E-state index in [1.165, 1.54) is 110 Å². The van der Waals surface area contributed by atoms with E-state index >= 15 is 0 Å². The normalized spacial score (nSPS) is 12.5. The molecule has 5 aromatic carbocycles. The Morgan fingerprint density at radius 2 is 1.13 bits per heavy atom. The van der Waals surface area contributed by atoms with Crippen molar-refractivity contribution in [2.75, 3.05) is 6.61 Å². The molecule has 0 aromatic heterocycles. The second kappa shape index (κ2) is 17.1. The van der Waals surface area contributed by atoms with Crippen LogP contribution in [-0.4, -0.2) is 14.7 Å². The predicted octanol–water partition coefficient (Wildman–Crippen LogP) is 13.4. The SMILES string of the molecule is C=CCOc1c(CCCCC)cc(CCCCC)cc1[Si](C)(C)C1c2cc(-c3cccc(CC)c3)ccc2-c2ccc(-c3cccc(CC)c3)cc21. The Labute approximate surface area is 316 Å². The van der Waals surface area contributed by atoms with Crippen LogP contribution in [0.3, 0.4) is 0 Å². The summed E-state index contributed by atoms with van der Waals surface area (Å²) in [5.41, 5.74) is 16.9. The van der Waals surface area contributed by atoms with E-state index in [1.807, 2.05) is 6.08 Å². The van der Waals surface area contributed by atoms with Crippen molar-refractivity contribution in [3.63, 3.8) is 0 Å². The summed E-state index contributed by atoms with van der Waals surface area (Å²) in [5, 5.41) is 1.47. The predicted molar refractivity (Wildman–Crippen MR) is 229 cm³/mol. The highest BCUT2D eigenvalue weighted by Gasteiger charge is 2.44. The Hall–Kier alpha value is -4.14. The molecule has 0 bridgehead atoms. The summed E-state index contributed by atoms with van der Waals surface area (Å²) < 4.78 is 6.80. The van der Waals surface area contributed by atoms with Crippen molar-refractivity contribution in [2.24, 2.45) is 0 Å². The maximum atomic E-state index is 6.80. The zero-order valence-electron chi connectivity index (χ0n) is 32.8. The second-order valence-corrected chi connectivity index (χ2v) is 20.1. The lowest BCUT2D eigenvalue weighted by atomic mass is 9.96. The van der Waals surface area contributed by atoms with Crippen LogP contribution >= 0.6 is 0 Å². The van der Waals surface area contributed by atoms with E-state index in [2.05, 4.69) is 144 Å². The fraction of sp³-hybridized carbons (Fsp3) is 0.360. The van der Waals surface area contributed by atoms with Gasteiger partial charge in [0.2, 0.25) is 0 Å². The average molecular weight is 705 g/mol. The van der Waals surface area contributed by atoms with Crippen LogP contribution < -0.4 is 9.92 Å². The summed E-state index contributed by atoms with van der Waals surface area (Å²) in [7, 11) is -2.34. The summed E-state index contributed by atoms with van der Waals surface area (Å²) in [6.07, 6.45) is 13.6. The topological polar surface area (TPSA) is 9.23 Å². The smallest absolute Gasteiger partial charge is 0.122 e. The van der Waals surface area contributed by atoms with E-state index in [-0.39, 0.29) is 5.54 Å². The van der Waals surface area contributed by atoms with Crippen LogP contribution in [0.25, 0.3) is 33.4 Å². The van der Waals surface area contributed by atoms with Gasteiger partial charge < -0.3 is 4.74 Å². The molecule has 0 N–H and O–H groups in total. The molecule has 0 fully saturated rings. The molecule has 6 rings (SSSR count). The molecule has 0 amide bonds. The van der Waals surface area contributed by atoms with Crippen LogP contribution in [-0.2, 0) is 25.7 Å². The van der Waals surface area contributed by atoms with Gasteiger partial charge in [-0.3, -0.25) is 0 Å². The maximum absolute atomic E-state index is 6.80. The molecule has 270 valence electrons. The average Bonchev–Trinajstić information content (AvgIpc) is 3.51. The standard InChI is InChI=1S/C50H60OSi/c1-8-13-15-19-38-32-43(22-16-14-9-2)49(51-29-10-3)48(33-38)52(6,7)50-46-34-41(39-23-17-20-36(11-4)30-39)25-27-44(46)45-28-26-42(35-47(45)50)40-24-18-21-37(12-5)31-40/h10,17-18,20-21,23-28,30-35,50H,3,8-9,11-16,19,22,29H2,1-2,4-7H3. The van der Waals surface area contributed by atoms with Gasteiger partial charge in [-0.2, -0.15) is 0 Å². The number of hydrogen-bond donors (Lipinski definition) is 0. The summed E-state index contributed by atoms with van der Waals surface area (Å²) >= 11 is 0. The lowest BCUT2D eigenvalue weighted by Gasteiger charge is -2.35. The number of ether oxygens (including phenoxy) is 1. The number of unbranched alkanes of at least 4 members (excludes halogenated alkanes) is 4. The molecule has 2 heteroatoms. The minimum Gasteiger partial charge on any atom is -0.489 e. The molecule has 1 aliphatic rings. The highest BCUT2D eigenvalue weighted by molar-refractivity contribution is 6.92. The summed E-state index contributed by atoms with van der Waals surface area (Å²) in [4.78, 5) is 0. The van der Waals surface area contributed by atoms with Crippen molar-refractivity contribution < 1.29 is 4.74 Å². The van der Waals surface area contributed by atoms with Gasteiger partial charge in [-0.15, -0.1) is 0 Å². The first-order valence-electron chi connectivity index (χ1n) is 20.2. The van der Waals surface area contributed by atoms with Gasteiger partial charge in [-0.25, -0.2) is 0 Å². The Balaban J connectivity index is 1.57. The Morgan fingerprint density at radius 1 is 0.596 bits per heavy atom. The number of benzene rings is 5. The van der Waals surface area contributed by atoms with Gasteiger partial charge in [0.1, 0.15) is 12.4 Å². The quantitative estimate of drug-likeness (QED) is 0.0532. The molecule has 0 saturated heterocycles. The lowest BCUT2D eigenvalue weighted by molar-refractivity contribution is 0.361. The molecule has 5 aromatic rings. The number of rotatable bonds is 17. The summed E-state index contributed by atoms with van der Waals surface area (Å²) in [6.45, 7) is 18.9. The first kappa shape index (κ1) is 37.6. The van der Waals surface area contributed by atoms with Gasteiger partial charge in [-0.1, -0.05) is 176 Å². The fourth-order valence-corrected chi connectivity index (χ4v) is 12.2. The van der Waals surface area contributed by atoms with Crippen LogP contribution in [0.4, 0.5) is 0 Å². The van der Waals surface area contributed by atoms with Crippen molar-refractivity contribution in [1.82, 2.24) is 0 Å². The van der Waals surface area contributed by atoms with Gasteiger partial charge in [0.25, 0.3) is 0 Å². The number of fused-ring (bicyclic) bond motifs is 3. The monoisotopic (exact) mass is 704 g/mol. The van der Waals surface area contributed by atoms with E-state index in [0.29, 0.717) is 6.61 Å². The Kier molecular flexibility index (Phi) is 12.4. The van der Waals surface area contributed by atoms with Gasteiger partial charge in [0.15, 0.2) is 0 Å². The van der Waals surface area contributed by atoms with Crippen LogP contribution in [0.2, 0.25) is 13.1 Å². The molecule has 52 heavy (non-hydrogen) atoms. The number of hydrogen-bond acceptors (Lipinski definition) is 1. The minimum atomic E-state index is -2.34. The zero-order chi connectivity index (χ0) is 36.7. The van der Waals surface area contributed by atoms with Crippen molar-refractivity contribution in [3.8, 4) is 39.1 Å². The molecule has 0 saturated carbocycles. The van der Waals surface area contributed by atoms with Crippen LogP contribution in [0.1, 0.15) is 105 Å². The number of aryl methyl sites for hydroxylation is 4.